The Labute approximate surface area is 81.7 Å². The second kappa shape index (κ2) is 4.17. The van der Waals surface area contributed by atoms with Crippen molar-refractivity contribution in [2.45, 2.75) is 6.54 Å². The molecule has 0 aliphatic carbocycles. The van der Waals surface area contributed by atoms with Crippen LogP contribution in [0.5, 0.6) is 0 Å². The summed E-state index contributed by atoms with van der Waals surface area (Å²) in [6, 6.07) is 0. The molecular formula is C4H6N6O5. The largest absolute Gasteiger partial charge is 0.493 e. The Bertz CT molecular complexity index is 387. The molecule has 1 aromatic rings. The number of hydrogen-bond acceptors (Lipinski definition) is 8. The first-order valence-corrected chi connectivity index (χ1v) is 3.62. The molecule has 15 heavy (non-hydrogen) atoms. The van der Waals surface area contributed by atoms with Crippen molar-refractivity contribution in [1.82, 2.24) is 14.8 Å². The van der Waals surface area contributed by atoms with E-state index in [0.717, 1.165) is 4.68 Å². The van der Waals surface area contributed by atoms with Gasteiger partial charge in [-0.25, -0.2) is 0 Å². The van der Waals surface area contributed by atoms with E-state index in [2.05, 4.69) is 14.9 Å². The maximum atomic E-state index is 10.2. The number of rotatable bonds is 5. The van der Waals surface area contributed by atoms with E-state index in [1.54, 1.807) is 0 Å². The van der Waals surface area contributed by atoms with Crippen molar-refractivity contribution >= 4 is 11.9 Å². The Hall–Kier alpha value is -2.46. The van der Waals surface area contributed by atoms with E-state index < -0.39 is 16.0 Å². The third-order valence-electron chi connectivity index (χ3n) is 1.35. The van der Waals surface area contributed by atoms with Gasteiger partial charge in [0.2, 0.25) is 0 Å². The summed E-state index contributed by atoms with van der Waals surface area (Å²) in [5.41, 5.74) is 5.26. The van der Waals surface area contributed by atoms with Gasteiger partial charge in [-0.1, -0.05) is 0 Å². The quantitative estimate of drug-likeness (QED) is 0.486. The fourth-order valence-electron chi connectivity index (χ4n) is 0.785. The number of aromatic nitrogens is 3. The van der Waals surface area contributed by atoms with E-state index in [0.29, 0.717) is 0 Å². The Morgan fingerprint density at radius 2 is 2.13 bits per heavy atom. The van der Waals surface area contributed by atoms with Crippen LogP contribution in [0.15, 0.2) is 0 Å². The molecular weight excluding hydrogens is 212 g/mol. The first kappa shape index (κ1) is 10.6. The van der Waals surface area contributed by atoms with Crippen molar-refractivity contribution in [3.8, 4) is 0 Å². The lowest BCUT2D eigenvalue weighted by Gasteiger charge is -1.96. The minimum atomic E-state index is -0.985. The third kappa shape index (κ3) is 2.75. The third-order valence-corrected chi connectivity index (χ3v) is 1.35. The first-order valence-electron chi connectivity index (χ1n) is 3.62. The number of anilines is 1. The highest BCUT2D eigenvalue weighted by Crippen LogP contribution is 2.06. The molecule has 0 bridgehead atoms. The lowest BCUT2D eigenvalue weighted by molar-refractivity contribution is -0.758. The predicted octanol–water partition coefficient (Wildman–Crippen LogP) is -1.02. The molecule has 2 N–H and O–H groups in total. The van der Waals surface area contributed by atoms with Crippen molar-refractivity contribution in [1.29, 1.82) is 0 Å². The number of nitrogens with zero attached hydrogens (tertiary/aromatic N) is 5. The zero-order chi connectivity index (χ0) is 11.4. The molecule has 82 valence electrons. The summed E-state index contributed by atoms with van der Waals surface area (Å²) in [6.07, 6.45) is 0. The van der Waals surface area contributed by atoms with E-state index in [9.17, 15) is 20.2 Å². The van der Waals surface area contributed by atoms with Crippen LogP contribution in [0, 0.1) is 20.2 Å². The van der Waals surface area contributed by atoms with Gasteiger partial charge in [-0.15, -0.1) is 14.8 Å². The van der Waals surface area contributed by atoms with E-state index >= 15 is 0 Å². The van der Waals surface area contributed by atoms with Crippen LogP contribution >= 0.6 is 0 Å². The smallest absolute Gasteiger partial charge is 0.390 e. The molecule has 0 radical (unpaired) electrons. The average Bonchev–Trinajstić information content (AvgIpc) is 2.47. The van der Waals surface area contributed by atoms with Gasteiger partial charge >= 0.3 is 11.9 Å². The van der Waals surface area contributed by atoms with Gasteiger partial charge in [0, 0.05) is 5.10 Å². The molecule has 1 heterocycles. The standard InChI is InChI=1S/C4H6N6O5/c5-3-6-4(9(11)12)7-8(3)1-2-15-10(13)14/h1-2H2,(H2,5,6,7). The van der Waals surface area contributed by atoms with Gasteiger partial charge in [0.05, 0.1) is 6.54 Å². The molecule has 1 rings (SSSR count). The Balaban J connectivity index is 2.61. The molecule has 0 unspecified atom stereocenters. The fraction of sp³-hybridized carbons (Fsp3) is 0.500. The highest BCUT2D eigenvalue weighted by Gasteiger charge is 2.18. The highest BCUT2D eigenvalue weighted by atomic mass is 16.9. The molecule has 0 aliphatic rings. The van der Waals surface area contributed by atoms with Gasteiger partial charge in [-0.2, -0.15) is 0 Å². The topological polar surface area (TPSA) is 152 Å². The lowest BCUT2D eigenvalue weighted by atomic mass is 10.7. The summed E-state index contributed by atoms with van der Waals surface area (Å²) in [4.78, 5) is 26.5. The van der Waals surface area contributed by atoms with Crippen LogP contribution in [-0.4, -0.2) is 31.4 Å². The predicted molar refractivity (Wildman–Crippen MR) is 44.0 cm³/mol. The number of nitro groups is 1. The lowest BCUT2D eigenvalue weighted by Crippen LogP contribution is -2.12. The monoisotopic (exact) mass is 218 g/mol. The van der Waals surface area contributed by atoms with Crippen molar-refractivity contribution < 1.29 is 14.8 Å². The van der Waals surface area contributed by atoms with E-state index in [-0.39, 0.29) is 19.1 Å². The molecule has 0 atom stereocenters. The molecule has 11 nitrogen and oxygen atoms in total. The molecule has 0 spiro atoms. The molecule has 0 aromatic carbocycles. The van der Waals surface area contributed by atoms with Gasteiger partial charge in [0.25, 0.3) is 5.09 Å². The van der Waals surface area contributed by atoms with Crippen LogP contribution in [0.4, 0.5) is 11.9 Å². The molecule has 0 saturated carbocycles. The minimum absolute atomic E-state index is 0.0896. The summed E-state index contributed by atoms with van der Waals surface area (Å²) in [5, 5.41) is 22.4. The maximum Gasteiger partial charge on any atom is 0.493 e. The second-order valence-corrected chi connectivity index (χ2v) is 2.31. The van der Waals surface area contributed by atoms with Crippen LogP contribution in [-0.2, 0) is 11.4 Å². The normalized spacial score (nSPS) is 9.87. The molecule has 11 heteroatoms. The minimum Gasteiger partial charge on any atom is -0.390 e. The SMILES string of the molecule is Nc1nc([N+](=O)[O-])nn1CCO[N+](=O)[O-]. The summed E-state index contributed by atoms with van der Waals surface area (Å²) in [6.45, 7) is -0.397. The van der Waals surface area contributed by atoms with Gasteiger partial charge in [-0.3, -0.25) is 0 Å². The van der Waals surface area contributed by atoms with Crippen molar-refractivity contribution in [2.24, 2.45) is 0 Å². The van der Waals surface area contributed by atoms with Crippen molar-refractivity contribution in [3.05, 3.63) is 20.2 Å². The van der Waals surface area contributed by atoms with E-state index in [4.69, 9.17) is 5.73 Å². The average molecular weight is 218 g/mol. The highest BCUT2D eigenvalue weighted by molar-refractivity contribution is 5.21. The Kier molecular flexibility index (Phi) is 2.95. The maximum absolute atomic E-state index is 10.2. The summed E-state index contributed by atoms with van der Waals surface area (Å²) in [5.74, 6) is -0.859. The molecule has 1 aromatic heterocycles. The summed E-state index contributed by atoms with van der Waals surface area (Å²) < 4.78 is 0.946. The summed E-state index contributed by atoms with van der Waals surface area (Å²) in [7, 11) is 0. The molecule has 0 fully saturated rings. The zero-order valence-corrected chi connectivity index (χ0v) is 7.27. The van der Waals surface area contributed by atoms with E-state index in [1.807, 2.05) is 0 Å². The Morgan fingerprint density at radius 1 is 1.47 bits per heavy atom. The number of hydrogen-bond donors (Lipinski definition) is 1. The van der Waals surface area contributed by atoms with Crippen molar-refractivity contribution in [2.75, 3.05) is 12.3 Å². The second-order valence-electron chi connectivity index (χ2n) is 2.31. The van der Waals surface area contributed by atoms with Crippen molar-refractivity contribution in [3.63, 3.8) is 0 Å². The molecule has 0 amide bonds. The fourth-order valence-corrected chi connectivity index (χ4v) is 0.785. The molecule has 0 saturated heterocycles. The summed E-state index contributed by atoms with van der Waals surface area (Å²) >= 11 is 0. The van der Waals surface area contributed by atoms with Gasteiger partial charge < -0.3 is 20.7 Å². The van der Waals surface area contributed by atoms with Gasteiger partial charge in [-0.05, 0) is 9.91 Å². The van der Waals surface area contributed by atoms with Gasteiger partial charge in [0.1, 0.15) is 6.61 Å². The van der Waals surface area contributed by atoms with E-state index in [1.165, 1.54) is 0 Å². The van der Waals surface area contributed by atoms with Crippen LogP contribution in [0.1, 0.15) is 0 Å². The number of nitrogen functional groups attached to an aromatic ring is 1. The van der Waals surface area contributed by atoms with Crippen LogP contribution in [0.25, 0.3) is 0 Å². The first-order chi connectivity index (χ1) is 7.00. The van der Waals surface area contributed by atoms with Crippen LogP contribution in [0.2, 0.25) is 0 Å². The van der Waals surface area contributed by atoms with Crippen LogP contribution in [0.3, 0.4) is 0 Å². The molecule has 0 aliphatic heterocycles. The zero-order valence-electron chi connectivity index (χ0n) is 7.27. The Morgan fingerprint density at radius 3 is 2.60 bits per heavy atom. The van der Waals surface area contributed by atoms with Crippen LogP contribution < -0.4 is 5.73 Å². The van der Waals surface area contributed by atoms with Gasteiger partial charge in [0.15, 0.2) is 0 Å². The number of nitrogens with two attached hydrogens (primary N) is 1.